The molecule has 2 N–H and O–H groups in total. The Morgan fingerprint density at radius 1 is 1.43 bits per heavy atom. The van der Waals surface area contributed by atoms with E-state index < -0.39 is 30.4 Å². The SMILES string of the molecule is CC(C)(O)CNC(=O)C(F)(F)C(F)F. The summed E-state index contributed by atoms with van der Waals surface area (Å²) in [6.45, 7) is 1.97. The minimum atomic E-state index is -4.72. The van der Waals surface area contributed by atoms with E-state index in [1.165, 1.54) is 19.2 Å². The number of carbonyl (C=O) groups is 1. The van der Waals surface area contributed by atoms with Crippen LogP contribution in [0.4, 0.5) is 17.6 Å². The number of nitrogens with one attached hydrogen (secondary N) is 1. The predicted octanol–water partition coefficient (Wildman–Crippen LogP) is 0.774. The average Bonchev–Trinajstić information content (AvgIpc) is 1.98. The monoisotopic (exact) mass is 217 g/mol. The van der Waals surface area contributed by atoms with Gasteiger partial charge in [-0.3, -0.25) is 4.79 Å². The van der Waals surface area contributed by atoms with Crippen molar-refractivity contribution in [1.82, 2.24) is 5.32 Å². The molecule has 0 bridgehead atoms. The van der Waals surface area contributed by atoms with Crippen molar-refractivity contribution in [2.75, 3.05) is 6.54 Å². The highest BCUT2D eigenvalue weighted by atomic mass is 19.3. The van der Waals surface area contributed by atoms with Crippen molar-refractivity contribution in [2.45, 2.75) is 31.8 Å². The van der Waals surface area contributed by atoms with Gasteiger partial charge in [0.25, 0.3) is 5.91 Å². The van der Waals surface area contributed by atoms with Gasteiger partial charge < -0.3 is 10.4 Å². The second-order valence-corrected chi connectivity index (χ2v) is 3.42. The van der Waals surface area contributed by atoms with Crippen molar-refractivity contribution in [2.24, 2.45) is 0 Å². The van der Waals surface area contributed by atoms with Crippen LogP contribution in [0.2, 0.25) is 0 Å². The van der Waals surface area contributed by atoms with Crippen molar-refractivity contribution in [3.63, 3.8) is 0 Å². The molecule has 0 aromatic rings. The molecule has 0 radical (unpaired) electrons. The largest absolute Gasteiger partial charge is 0.389 e. The Morgan fingerprint density at radius 2 is 1.86 bits per heavy atom. The van der Waals surface area contributed by atoms with Gasteiger partial charge in [0, 0.05) is 6.54 Å². The highest BCUT2D eigenvalue weighted by Gasteiger charge is 2.48. The number of hydrogen-bond acceptors (Lipinski definition) is 2. The maximum absolute atomic E-state index is 12.3. The normalized spacial score (nSPS) is 13.1. The fraction of sp³-hybridized carbons (Fsp3) is 0.857. The first-order valence-corrected chi connectivity index (χ1v) is 3.74. The lowest BCUT2D eigenvalue weighted by molar-refractivity contribution is -0.170. The fourth-order valence-corrected chi connectivity index (χ4v) is 0.514. The predicted molar refractivity (Wildman–Crippen MR) is 40.3 cm³/mol. The zero-order valence-electron chi connectivity index (χ0n) is 7.65. The lowest BCUT2D eigenvalue weighted by atomic mass is 10.1. The maximum Gasteiger partial charge on any atom is 0.383 e. The van der Waals surface area contributed by atoms with Crippen LogP contribution in [0, 0.1) is 0 Å². The molecule has 0 aromatic carbocycles. The topological polar surface area (TPSA) is 49.3 Å². The Hall–Kier alpha value is -0.850. The van der Waals surface area contributed by atoms with E-state index in [0.717, 1.165) is 0 Å². The summed E-state index contributed by atoms with van der Waals surface area (Å²) in [6.07, 6.45) is -4.05. The van der Waals surface area contributed by atoms with Crippen molar-refractivity contribution >= 4 is 5.91 Å². The standard InChI is InChI=1S/C7H11F4NO2/c1-6(2,14)3-12-5(13)7(10,11)4(8)9/h4,14H,3H2,1-2H3,(H,12,13). The molecule has 0 saturated heterocycles. The number of amides is 1. The molecule has 3 nitrogen and oxygen atoms in total. The molecule has 14 heavy (non-hydrogen) atoms. The van der Waals surface area contributed by atoms with Crippen LogP contribution in [0.25, 0.3) is 0 Å². The average molecular weight is 217 g/mol. The van der Waals surface area contributed by atoms with Gasteiger partial charge in [-0.2, -0.15) is 8.78 Å². The van der Waals surface area contributed by atoms with E-state index in [4.69, 9.17) is 5.11 Å². The zero-order chi connectivity index (χ0) is 11.6. The molecule has 84 valence electrons. The number of hydrogen-bond donors (Lipinski definition) is 2. The second-order valence-electron chi connectivity index (χ2n) is 3.42. The first-order valence-electron chi connectivity index (χ1n) is 3.74. The van der Waals surface area contributed by atoms with E-state index in [0.29, 0.717) is 0 Å². The minimum absolute atomic E-state index is 0.520. The van der Waals surface area contributed by atoms with Crippen LogP contribution in [-0.2, 0) is 4.79 Å². The number of alkyl halides is 4. The molecule has 0 unspecified atom stereocenters. The van der Waals surface area contributed by atoms with E-state index in [9.17, 15) is 22.4 Å². The van der Waals surface area contributed by atoms with Crippen LogP contribution in [0.5, 0.6) is 0 Å². The van der Waals surface area contributed by atoms with Crippen molar-refractivity contribution in [3.05, 3.63) is 0 Å². The summed E-state index contributed by atoms with van der Waals surface area (Å²) in [6, 6.07) is 0. The van der Waals surface area contributed by atoms with Crippen LogP contribution in [-0.4, -0.2) is 35.5 Å². The lowest BCUT2D eigenvalue weighted by Crippen LogP contribution is -2.49. The second kappa shape index (κ2) is 4.12. The zero-order valence-corrected chi connectivity index (χ0v) is 7.65. The molecule has 0 aliphatic rings. The molecule has 0 saturated carbocycles. The van der Waals surface area contributed by atoms with Crippen LogP contribution in [0.3, 0.4) is 0 Å². The van der Waals surface area contributed by atoms with Gasteiger partial charge in [0.1, 0.15) is 0 Å². The molecule has 0 heterocycles. The smallest absolute Gasteiger partial charge is 0.383 e. The highest BCUT2D eigenvalue weighted by Crippen LogP contribution is 2.22. The number of carbonyl (C=O) groups excluding carboxylic acids is 1. The molecule has 1 amide bonds. The van der Waals surface area contributed by atoms with Crippen molar-refractivity contribution in [3.8, 4) is 0 Å². The fourth-order valence-electron chi connectivity index (χ4n) is 0.514. The van der Waals surface area contributed by atoms with Crippen LogP contribution in [0.15, 0.2) is 0 Å². The first-order chi connectivity index (χ1) is 6.07. The van der Waals surface area contributed by atoms with E-state index in [1.807, 2.05) is 0 Å². The molecule has 0 spiro atoms. The summed E-state index contributed by atoms with van der Waals surface area (Å²) in [4.78, 5) is 10.5. The van der Waals surface area contributed by atoms with Gasteiger partial charge in [0.2, 0.25) is 0 Å². The van der Waals surface area contributed by atoms with Crippen LogP contribution < -0.4 is 5.32 Å². The third-order valence-electron chi connectivity index (χ3n) is 1.26. The Labute approximate surface area is 78.1 Å². The summed E-state index contributed by atoms with van der Waals surface area (Å²) in [5.41, 5.74) is -1.42. The molecular weight excluding hydrogens is 206 g/mol. The summed E-state index contributed by atoms with van der Waals surface area (Å²) in [5.74, 6) is -6.81. The minimum Gasteiger partial charge on any atom is -0.389 e. The third-order valence-corrected chi connectivity index (χ3v) is 1.26. The van der Waals surface area contributed by atoms with E-state index in [2.05, 4.69) is 0 Å². The van der Waals surface area contributed by atoms with Gasteiger partial charge in [-0.1, -0.05) is 0 Å². The van der Waals surface area contributed by atoms with Gasteiger partial charge in [-0.25, -0.2) is 8.78 Å². The molecule has 7 heteroatoms. The Kier molecular flexibility index (Phi) is 3.87. The highest BCUT2D eigenvalue weighted by molar-refractivity contribution is 5.83. The number of aliphatic hydroxyl groups is 1. The van der Waals surface area contributed by atoms with Crippen molar-refractivity contribution in [1.29, 1.82) is 0 Å². The molecular formula is C7H11F4NO2. The van der Waals surface area contributed by atoms with Crippen molar-refractivity contribution < 1.29 is 27.5 Å². The van der Waals surface area contributed by atoms with Gasteiger partial charge >= 0.3 is 12.3 Å². The van der Waals surface area contributed by atoms with Crippen LogP contribution in [0.1, 0.15) is 13.8 Å². The maximum atomic E-state index is 12.3. The van der Waals surface area contributed by atoms with Gasteiger partial charge in [0.05, 0.1) is 5.60 Å². The Balaban J connectivity index is 4.23. The molecule has 0 aliphatic carbocycles. The quantitative estimate of drug-likeness (QED) is 0.683. The van der Waals surface area contributed by atoms with Gasteiger partial charge in [0.15, 0.2) is 0 Å². The molecule has 0 atom stereocenters. The van der Waals surface area contributed by atoms with Gasteiger partial charge in [-0.15, -0.1) is 0 Å². The van der Waals surface area contributed by atoms with Gasteiger partial charge in [-0.05, 0) is 13.8 Å². The number of halogens is 4. The van der Waals surface area contributed by atoms with E-state index in [1.54, 1.807) is 0 Å². The van der Waals surface area contributed by atoms with E-state index in [-0.39, 0.29) is 0 Å². The molecule has 0 rings (SSSR count). The molecule has 0 aromatic heterocycles. The summed E-state index contributed by atoms with van der Waals surface area (Å²) < 4.78 is 47.8. The first kappa shape index (κ1) is 13.2. The number of rotatable bonds is 4. The summed E-state index contributed by atoms with van der Waals surface area (Å²) in [5, 5.41) is 10.5. The lowest BCUT2D eigenvalue weighted by Gasteiger charge is -2.20. The Bertz CT molecular complexity index is 212. The Morgan fingerprint density at radius 3 is 2.14 bits per heavy atom. The third kappa shape index (κ3) is 3.91. The summed E-state index contributed by atoms with van der Waals surface area (Å²) >= 11 is 0. The molecule has 0 aliphatic heterocycles. The summed E-state index contributed by atoms with van der Waals surface area (Å²) in [7, 11) is 0. The van der Waals surface area contributed by atoms with E-state index >= 15 is 0 Å². The van der Waals surface area contributed by atoms with Crippen LogP contribution >= 0.6 is 0 Å². The molecule has 0 fully saturated rings.